The Kier molecular flexibility index (Phi) is 5.65. The summed E-state index contributed by atoms with van der Waals surface area (Å²) in [4.78, 5) is 0.0898. The molecular formula is C14H21FN2O2S2. The molecule has 1 aromatic carbocycles. The Morgan fingerprint density at radius 2 is 2.05 bits per heavy atom. The van der Waals surface area contributed by atoms with Crippen LogP contribution in [0.3, 0.4) is 0 Å². The highest BCUT2D eigenvalue weighted by molar-refractivity contribution is 7.99. The van der Waals surface area contributed by atoms with E-state index in [2.05, 4.69) is 4.72 Å². The number of sulfonamides is 1. The Hall–Kier alpha value is -0.630. The van der Waals surface area contributed by atoms with Crippen LogP contribution in [0.15, 0.2) is 17.0 Å². The second-order valence-corrected chi connectivity index (χ2v) is 8.32. The standard InChI is InChI=1S/C14H21FN2O2S2/c1-10-6-13(7-12(8-16)14(10)15)21(18,19)17-9-11-2-4-20-5-3-11/h6-7,11,17H,2-5,8-9,16H2,1H3. The number of aryl methyl sites for hydroxylation is 1. The number of halogens is 1. The maximum absolute atomic E-state index is 13.7. The molecule has 7 heteroatoms. The molecule has 1 heterocycles. The Morgan fingerprint density at radius 3 is 2.67 bits per heavy atom. The van der Waals surface area contributed by atoms with E-state index in [-0.39, 0.29) is 17.0 Å². The fraction of sp³-hybridized carbons (Fsp3) is 0.571. The summed E-state index contributed by atoms with van der Waals surface area (Å²) in [6.07, 6.45) is 2.06. The van der Waals surface area contributed by atoms with Crippen molar-refractivity contribution in [2.45, 2.75) is 31.2 Å². The molecule has 4 nitrogen and oxygen atoms in total. The number of benzene rings is 1. The second kappa shape index (κ2) is 7.09. The van der Waals surface area contributed by atoms with Crippen molar-refractivity contribution in [2.24, 2.45) is 11.7 Å². The summed E-state index contributed by atoms with van der Waals surface area (Å²) in [5.74, 6) is 2.12. The molecule has 0 atom stereocenters. The second-order valence-electron chi connectivity index (χ2n) is 5.33. The molecule has 21 heavy (non-hydrogen) atoms. The number of hydrogen-bond acceptors (Lipinski definition) is 4. The smallest absolute Gasteiger partial charge is 0.240 e. The van der Waals surface area contributed by atoms with Gasteiger partial charge in [-0.05, 0) is 54.9 Å². The maximum Gasteiger partial charge on any atom is 0.240 e. The van der Waals surface area contributed by atoms with Crippen LogP contribution in [-0.2, 0) is 16.6 Å². The topological polar surface area (TPSA) is 72.2 Å². The van der Waals surface area contributed by atoms with Crippen LogP contribution in [-0.4, -0.2) is 26.5 Å². The minimum absolute atomic E-state index is 0.0180. The molecule has 1 aliphatic rings. The average molecular weight is 332 g/mol. The minimum Gasteiger partial charge on any atom is -0.326 e. The highest BCUT2D eigenvalue weighted by Crippen LogP contribution is 2.23. The molecule has 0 spiro atoms. The molecular weight excluding hydrogens is 311 g/mol. The molecule has 1 fully saturated rings. The summed E-state index contributed by atoms with van der Waals surface area (Å²) < 4.78 is 41.0. The summed E-state index contributed by atoms with van der Waals surface area (Å²) in [6.45, 7) is 1.97. The van der Waals surface area contributed by atoms with Gasteiger partial charge in [0, 0.05) is 18.7 Å². The highest BCUT2D eigenvalue weighted by Gasteiger charge is 2.20. The van der Waals surface area contributed by atoms with Gasteiger partial charge >= 0.3 is 0 Å². The molecule has 3 N–H and O–H groups in total. The lowest BCUT2D eigenvalue weighted by Gasteiger charge is -2.21. The van der Waals surface area contributed by atoms with Crippen LogP contribution in [0.4, 0.5) is 4.39 Å². The Balaban J connectivity index is 2.13. The van der Waals surface area contributed by atoms with Gasteiger partial charge in [0.2, 0.25) is 10.0 Å². The van der Waals surface area contributed by atoms with Crippen LogP contribution in [0.1, 0.15) is 24.0 Å². The number of rotatable bonds is 5. The lowest BCUT2D eigenvalue weighted by molar-refractivity contribution is 0.476. The molecule has 1 aromatic rings. The van der Waals surface area contributed by atoms with E-state index in [0.29, 0.717) is 18.0 Å². The summed E-state index contributed by atoms with van der Waals surface area (Å²) in [6, 6.07) is 2.68. The van der Waals surface area contributed by atoms with E-state index in [4.69, 9.17) is 5.73 Å². The number of nitrogens with one attached hydrogen (secondary N) is 1. The predicted molar refractivity (Wildman–Crippen MR) is 84.3 cm³/mol. The molecule has 0 aliphatic carbocycles. The van der Waals surface area contributed by atoms with Gasteiger partial charge in [-0.15, -0.1) is 0 Å². The molecule has 1 saturated heterocycles. The van der Waals surface area contributed by atoms with Crippen molar-refractivity contribution in [1.29, 1.82) is 0 Å². The van der Waals surface area contributed by atoms with E-state index in [1.807, 2.05) is 11.8 Å². The molecule has 1 aliphatic heterocycles. The van der Waals surface area contributed by atoms with Crippen molar-refractivity contribution in [1.82, 2.24) is 4.72 Å². The van der Waals surface area contributed by atoms with E-state index < -0.39 is 15.8 Å². The molecule has 0 bridgehead atoms. The van der Waals surface area contributed by atoms with Gasteiger partial charge in [-0.2, -0.15) is 11.8 Å². The number of nitrogens with two attached hydrogens (primary N) is 1. The van der Waals surface area contributed by atoms with Gasteiger partial charge in [0.1, 0.15) is 5.82 Å². The quantitative estimate of drug-likeness (QED) is 0.865. The third-order valence-corrected chi connectivity index (χ3v) is 6.19. The minimum atomic E-state index is -3.61. The van der Waals surface area contributed by atoms with Crippen LogP contribution < -0.4 is 10.5 Å². The Bertz CT molecular complexity index is 599. The summed E-state index contributed by atoms with van der Waals surface area (Å²) in [5, 5.41) is 0. The molecule has 2 rings (SSSR count). The zero-order valence-corrected chi connectivity index (χ0v) is 13.7. The van der Waals surface area contributed by atoms with Gasteiger partial charge in [0.25, 0.3) is 0 Å². The Labute approximate surface area is 129 Å². The zero-order chi connectivity index (χ0) is 15.5. The predicted octanol–water partition coefficient (Wildman–Crippen LogP) is 2.01. The Morgan fingerprint density at radius 1 is 1.38 bits per heavy atom. The van der Waals surface area contributed by atoms with E-state index >= 15 is 0 Å². The van der Waals surface area contributed by atoms with Crippen LogP contribution in [0, 0.1) is 18.7 Å². The number of thioether (sulfide) groups is 1. The van der Waals surface area contributed by atoms with Gasteiger partial charge in [-0.3, -0.25) is 0 Å². The number of hydrogen-bond donors (Lipinski definition) is 2. The SMILES string of the molecule is Cc1cc(S(=O)(=O)NCC2CCSCC2)cc(CN)c1F. The molecule has 0 unspecified atom stereocenters. The average Bonchev–Trinajstić information content (AvgIpc) is 2.49. The lowest BCUT2D eigenvalue weighted by atomic mass is 10.0. The van der Waals surface area contributed by atoms with E-state index in [0.717, 1.165) is 24.3 Å². The third-order valence-electron chi connectivity index (χ3n) is 3.74. The van der Waals surface area contributed by atoms with Crippen molar-refractivity contribution in [2.75, 3.05) is 18.1 Å². The summed E-state index contributed by atoms with van der Waals surface area (Å²) in [7, 11) is -3.61. The van der Waals surface area contributed by atoms with Crippen LogP contribution in [0.5, 0.6) is 0 Å². The lowest BCUT2D eigenvalue weighted by Crippen LogP contribution is -2.31. The van der Waals surface area contributed by atoms with Gasteiger partial charge in [0.05, 0.1) is 4.90 Å². The maximum atomic E-state index is 13.7. The first-order chi connectivity index (χ1) is 9.94. The van der Waals surface area contributed by atoms with Crippen molar-refractivity contribution < 1.29 is 12.8 Å². The van der Waals surface area contributed by atoms with Crippen LogP contribution >= 0.6 is 11.8 Å². The highest BCUT2D eigenvalue weighted by atomic mass is 32.2. The fourth-order valence-electron chi connectivity index (χ4n) is 2.37. The first-order valence-corrected chi connectivity index (χ1v) is 9.64. The van der Waals surface area contributed by atoms with Crippen molar-refractivity contribution >= 4 is 21.8 Å². The van der Waals surface area contributed by atoms with Crippen molar-refractivity contribution in [3.05, 3.63) is 29.1 Å². The third kappa shape index (κ3) is 4.18. The molecule has 118 valence electrons. The molecule has 0 radical (unpaired) electrons. The van der Waals surface area contributed by atoms with Crippen LogP contribution in [0.2, 0.25) is 0 Å². The summed E-state index contributed by atoms with van der Waals surface area (Å²) in [5.41, 5.74) is 5.99. The molecule has 0 saturated carbocycles. The first-order valence-electron chi connectivity index (χ1n) is 7.00. The molecule has 0 aromatic heterocycles. The van der Waals surface area contributed by atoms with Gasteiger partial charge < -0.3 is 5.73 Å². The van der Waals surface area contributed by atoms with E-state index in [1.165, 1.54) is 12.1 Å². The van der Waals surface area contributed by atoms with Crippen molar-refractivity contribution in [3.63, 3.8) is 0 Å². The van der Waals surface area contributed by atoms with Crippen LogP contribution in [0.25, 0.3) is 0 Å². The van der Waals surface area contributed by atoms with Gasteiger partial charge in [0.15, 0.2) is 0 Å². The zero-order valence-electron chi connectivity index (χ0n) is 12.1. The first kappa shape index (κ1) is 16.7. The van der Waals surface area contributed by atoms with E-state index in [9.17, 15) is 12.8 Å². The normalized spacial score (nSPS) is 17.1. The largest absolute Gasteiger partial charge is 0.326 e. The molecule has 0 amide bonds. The summed E-state index contributed by atoms with van der Waals surface area (Å²) >= 11 is 1.90. The monoisotopic (exact) mass is 332 g/mol. The van der Waals surface area contributed by atoms with E-state index in [1.54, 1.807) is 6.92 Å². The van der Waals surface area contributed by atoms with Gasteiger partial charge in [-0.1, -0.05) is 0 Å². The van der Waals surface area contributed by atoms with Gasteiger partial charge in [-0.25, -0.2) is 17.5 Å². The van der Waals surface area contributed by atoms with Crippen molar-refractivity contribution in [3.8, 4) is 0 Å². The fourth-order valence-corrected chi connectivity index (χ4v) is 4.83.